The third kappa shape index (κ3) is 6.00. The number of morpholine rings is 1. The van der Waals surface area contributed by atoms with Crippen LogP contribution in [0.4, 0.5) is 26.0 Å². The second-order valence-electron chi connectivity index (χ2n) is 10.4. The maximum absolute atomic E-state index is 14.4. The summed E-state index contributed by atoms with van der Waals surface area (Å²) in [6.45, 7) is 4.78. The predicted molar refractivity (Wildman–Crippen MR) is 171 cm³/mol. The second kappa shape index (κ2) is 12.6. The molecule has 13 heteroatoms. The van der Waals surface area contributed by atoms with E-state index in [-0.39, 0.29) is 24.0 Å². The normalized spacial score (nSPS) is 13.4. The van der Waals surface area contributed by atoms with Crippen molar-refractivity contribution in [1.29, 1.82) is 5.26 Å². The minimum atomic E-state index is -4.49. The summed E-state index contributed by atoms with van der Waals surface area (Å²) in [5, 5.41) is 10.9. The van der Waals surface area contributed by atoms with Crippen LogP contribution in [0.2, 0.25) is 0 Å². The largest absolute Gasteiger partial charge is 0.476 e. The zero-order valence-electron chi connectivity index (χ0n) is 24.6. The van der Waals surface area contributed by atoms with Crippen LogP contribution in [0, 0.1) is 23.0 Å². The van der Waals surface area contributed by atoms with Crippen molar-refractivity contribution in [3.63, 3.8) is 0 Å². The minimum absolute atomic E-state index is 0.0342. The molecule has 0 radical (unpaired) electrons. The number of aromatic nitrogens is 2. The average Bonchev–Trinajstić information content (AvgIpc) is 3.05. The number of nitrogens with one attached hydrogen (secondary N) is 1. The van der Waals surface area contributed by atoms with Gasteiger partial charge in [-0.25, -0.2) is 27.2 Å². The first-order valence-corrected chi connectivity index (χ1v) is 15.8. The molecule has 0 atom stereocenters. The molecule has 1 fully saturated rings. The second-order valence-corrected chi connectivity index (χ2v) is 12.1. The van der Waals surface area contributed by atoms with E-state index in [9.17, 15) is 22.5 Å². The van der Waals surface area contributed by atoms with Crippen LogP contribution in [-0.4, -0.2) is 51.3 Å². The summed E-state index contributed by atoms with van der Waals surface area (Å²) in [5.41, 5.74) is 10.5. The number of hydrogen-bond acceptors (Lipinski definition) is 9. The van der Waals surface area contributed by atoms with Gasteiger partial charge in [0.2, 0.25) is 5.88 Å². The van der Waals surface area contributed by atoms with Gasteiger partial charge < -0.3 is 20.1 Å². The number of ether oxygens (including phenoxy) is 2. The molecule has 5 aromatic rings. The molecule has 0 saturated carbocycles. The number of nitrogens with zero attached hydrogens (tertiary/aromatic N) is 4. The number of hydrogen-bond donors (Lipinski definition) is 2. The summed E-state index contributed by atoms with van der Waals surface area (Å²) in [4.78, 5) is 10.4. The van der Waals surface area contributed by atoms with Gasteiger partial charge in [-0.2, -0.15) is 5.26 Å². The SMILES string of the molecule is CCOc1ncc(-c2ccc3nc(N)c(-c4ccc(N5CCOCC5)cc4)c(C#N)c3c2)cc1NS(=O)(=O)c1ccc(F)cc1F. The molecule has 6 rings (SSSR count). The van der Waals surface area contributed by atoms with Crippen molar-refractivity contribution in [3.8, 4) is 34.2 Å². The number of nitrogen functional groups attached to an aromatic ring is 1. The molecular weight excluding hydrogens is 614 g/mol. The maximum atomic E-state index is 14.4. The lowest BCUT2D eigenvalue weighted by atomic mass is 9.95. The van der Waals surface area contributed by atoms with Crippen LogP contribution < -0.4 is 20.1 Å². The molecule has 3 N–H and O–H groups in total. The van der Waals surface area contributed by atoms with Crippen molar-refractivity contribution in [3.05, 3.63) is 90.1 Å². The summed E-state index contributed by atoms with van der Waals surface area (Å²) < 4.78 is 67.3. The standard InChI is InChI=1S/C33H28F2N6O4S/c1-2-45-33-29(40-46(42,43)30-10-6-23(34)17-27(30)35)16-22(19-38-33)21-5-9-28-25(15-21)26(18-36)31(32(37)39-28)20-3-7-24(8-4-20)41-11-13-44-14-12-41/h3-10,15-17,19,40H,2,11-14H2,1H3,(H2,37,39). The Bertz CT molecular complexity index is 2100. The molecule has 1 aliphatic rings. The lowest BCUT2D eigenvalue weighted by molar-refractivity contribution is 0.122. The fourth-order valence-electron chi connectivity index (χ4n) is 5.36. The van der Waals surface area contributed by atoms with E-state index < -0.39 is 26.6 Å². The smallest absolute Gasteiger partial charge is 0.264 e. The van der Waals surface area contributed by atoms with E-state index in [1.807, 2.05) is 24.3 Å². The molecule has 3 heterocycles. The molecule has 0 aliphatic carbocycles. The predicted octanol–water partition coefficient (Wildman–Crippen LogP) is 5.73. The van der Waals surface area contributed by atoms with Crippen LogP contribution in [0.25, 0.3) is 33.2 Å². The van der Waals surface area contributed by atoms with E-state index in [0.717, 1.165) is 36.5 Å². The van der Waals surface area contributed by atoms with E-state index in [1.54, 1.807) is 25.1 Å². The maximum Gasteiger partial charge on any atom is 0.264 e. The Morgan fingerprint density at radius 1 is 1.02 bits per heavy atom. The van der Waals surface area contributed by atoms with Gasteiger partial charge in [-0.1, -0.05) is 18.2 Å². The molecule has 0 bridgehead atoms. The van der Waals surface area contributed by atoms with Crippen molar-refractivity contribution >= 4 is 38.1 Å². The Labute approximate surface area is 264 Å². The third-order valence-corrected chi connectivity index (χ3v) is 8.95. The van der Waals surface area contributed by atoms with Crippen molar-refractivity contribution in [2.75, 3.05) is 48.3 Å². The van der Waals surface area contributed by atoms with Crippen LogP contribution in [0.15, 0.2) is 77.8 Å². The Hall–Kier alpha value is -5.32. The molecule has 0 amide bonds. The summed E-state index contributed by atoms with van der Waals surface area (Å²) in [7, 11) is -4.49. The van der Waals surface area contributed by atoms with E-state index in [2.05, 4.69) is 25.7 Å². The quantitative estimate of drug-likeness (QED) is 0.217. The van der Waals surface area contributed by atoms with E-state index in [0.29, 0.717) is 52.4 Å². The number of nitriles is 1. The number of halogens is 2. The minimum Gasteiger partial charge on any atom is -0.476 e. The number of anilines is 3. The van der Waals surface area contributed by atoms with Gasteiger partial charge in [0.25, 0.3) is 10.0 Å². The van der Waals surface area contributed by atoms with Crippen molar-refractivity contribution in [1.82, 2.24) is 9.97 Å². The summed E-state index contributed by atoms with van der Waals surface area (Å²) in [6, 6.07) is 18.9. The fraction of sp³-hybridized carbons (Fsp3) is 0.182. The first kappa shape index (κ1) is 30.7. The van der Waals surface area contributed by atoms with E-state index >= 15 is 0 Å². The molecule has 2 aromatic heterocycles. The number of fused-ring (bicyclic) bond motifs is 1. The van der Waals surface area contributed by atoms with Gasteiger partial charge >= 0.3 is 0 Å². The summed E-state index contributed by atoms with van der Waals surface area (Å²) in [5.74, 6) is -1.98. The highest BCUT2D eigenvalue weighted by Crippen LogP contribution is 2.37. The van der Waals surface area contributed by atoms with Gasteiger partial charge in [0, 0.05) is 47.6 Å². The van der Waals surface area contributed by atoms with Crippen LogP contribution in [0.5, 0.6) is 5.88 Å². The molecule has 10 nitrogen and oxygen atoms in total. The highest BCUT2D eigenvalue weighted by molar-refractivity contribution is 7.92. The molecular formula is C33H28F2N6O4S. The average molecular weight is 643 g/mol. The molecule has 3 aromatic carbocycles. The number of rotatable bonds is 8. The Morgan fingerprint density at radius 2 is 1.76 bits per heavy atom. The number of pyridine rings is 2. The monoisotopic (exact) mass is 642 g/mol. The lowest BCUT2D eigenvalue weighted by Crippen LogP contribution is -2.36. The van der Waals surface area contributed by atoms with Crippen molar-refractivity contribution in [2.24, 2.45) is 0 Å². The number of sulfonamides is 1. The van der Waals surface area contributed by atoms with Crippen molar-refractivity contribution in [2.45, 2.75) is 11.8 Å². The summed E-state index contributed by atoms with van der Waals surface area (Å²) >= 11 is 0. The zero-order chi connectivity index (χ0) is 32.4. The Kier molecular flexibility index (Phi) is 8.40. The van der Waals surface area contributed by atoms with Gasteiger partial charge in [0.05, 0.1) is 30.9 Å². The van der Waals surface area contributed by atoms with Crippen LogP contribution >= 0.6 is 0 Å². The van der Waals surface area contributed by atoms with Gasteiger partial charge in [-0.3, -0.25) is 4.72 Å². The van der Waals surface area contributed by atoms with Crippen molar-refractivity contribution < 1.29 is 26.7 Å². The Morgan fingerprint density at radius 3 is 2.46 bits per heavy atom. The van der Waals surface area contributed by atoms with Crippen LogP contribution in [-0.2, 0) is 14.8 Å². The zero-order valence-corrected chi connectivity index (χ0v) is 25.4. The lowest BCUT2D eigenvalue weighted by Gasteiger charge is -2.29. The highest BCUT2D eigenvalue weighted by atomic mass is 32.2. The molecule has 1 saturated heterocycles. The van der Waals surface area contributed by atoms with Crippen LogP contribution in [0.3, 0.4) is 0 Å². The molecule has 234 valence electrons. The van der Waals surface area contributed by atoms with Gasteiger partial charge in [0.1, 0.15) is 34.1 Å². The topological polar surface area (TPSA) is 143 Å². The highest BCUT2D eigenvalue weighted by Gasteiger charge is 2.23. The van der Waals surface area contributed by atoms with Gasteiger partial charge in [0.15, 0.2) is 0 Å². The molecule has 0 spiro atoms. The van der Waals surface area contributed by atoms with E-state index in [1.165, 1.54) is 12.3 Å². The van der Waals surface area contributed by atoms with E-state index in [4.69, 9.17) is 15.2 Å². The number of benzene rings is 3. The first-order chi connectivity index (χ1) is 22.2. The first-order valence-electron chi connectivity index (χ1n) is 14.4. The van der Waals surface area contributed by atoms with Gasteiger partial charge in [-0.05, 0) is 60.5 Å². The summed E-state index contributed by atoms with van der Waals surface area (Å²) in [6.07, 6.45) is 1.49. The number of nitrogens with two attached hydrogens (primary N) is 1. The molecule has 46 heavy (non-hydrogen) atoms. The Balaban J connectivity index is 1.40. The fourth-order valence-corrected chi connectivity index (χ4v) is 6.47. The third-order valence-electron chi connectivity index (χ3n) is 7.55. The molecule has 0 unspecified atom stereocenters. The molecule has 1 aliphatic heterocycles. The van der Waals surface area contributed by atoms with Crippen LogP contribution in [0.1, 0.15) is 12.5 Å². The van der Waals surface area contributed by atoms with Gasteiger partial charge in [-0.15, -0.1) is 0 Å².